The summed E-state index contributed by atoms with van der Waals surface area (Å²) in [5, 5.41) is 7.45. The Labute approximate surface area is 155 Å². The Bertz CT molecular complexity index is 803. The number of anilines is 1. The summed E-state index contributed by atoms with van der Waals surface area (Å²) in [7, 11) is 1.85. The largest absolute Gasteiger partial charge is 0.306 e. The van der Waals surface area contributed by atoms with Crippen LogP contribution in [0.2, 0.25) is 0 Å². The van der Waals surface area contributed by atoms with Crippen molar-refractivity contribution in [2.45, 2.75) is 71.1 Å². The van der Waals surface area contributed by atoms with Gasteiger partial charge in [-0.25, -0.2) is 9.97 Å². The minimum atomic E-state index is -0.200. The van der Waals surface area contributed by atoms with Crippen LogP contribution in [0.4, 0.5) is 5.82 Å². The molecule has 1 saturated carbocycles. The molecule has 1 N–H and O–H groups in total. The summed E-state index contributed by atoms with van der Waals surface area (Å²) in [6, 6.07) is 1.88. The fraction of sp³-hybridized carbons (Fsp3) is 0.600. The van der Waals surface area contributed by atoms with E-state index in [-0.39, 0.29) is 16.7 Å². The van der Waals surface area contributed by atoms with Gasteiger partial charge in [-0.05, 0) is 12.8 Å². The second-order valence-corrected chi connectivity index (χ2v) is 9.29. The zero-order valence-electron chi connectivity index (χ0n) is 16.8. The summed E-state index contributed by atoms with van der Waals surface area (Å²) in [6.07, 6.45) is 4.00. The molecule has 0 unspecified atom stereocenters. The number of carbonyl (C=O) groups is 1. The van der Waals surface area contributed by atoms with Gasteiger partial charge in [0.1, 0.15) is 11.6 Å². The van der Waals surface area contributed by atoms with E-state index in [1.165, 1.54) is 0 Å². The second kappa shape index (κ2) is 6.18. The van der Waals surface area contributed by atoms with Gasteiger partial charge in [0, 0.05) is 36.1 Å². The molecule has 6 nitrogen and oxygen atoms in total. The fourth-order valence-electron chi connectivity index (χ4n) is 2.75. The molecule has 0 radical (unpaired) electrons. The molecule has 2 aromatic heterocycles. The first-order valence-corrected chi connectivity index (χ1v) is 9.20. The highest BCUT2D eigenvalue weighted by Crippen LogP contribution is 2.40. The second-order valence-electron chi connectivity index (χ2n) is 9.29. The van der Waals surface area contributed by atoms with Gasteiger partial charge in [0.05, 0.1) is 17.0 Å². The number of nitrogens with zero attached hydrogens (tertiary/aromatic N) is 4. The number of aromatic nitrogens is 4. The van der Waals surface area contributed by atoms with E-state index >= 15 is 0 Å². The molecule has 2 heterocycles. The van der Waals surface area contributed by atoms with Crippen molar-refractivity contribution >= 4 is 11.7 Å². The molecule has 26 heavy (non-hydrogen) atoms. The van der Waals surface area contributed by atoms with Crippen LogP contribution in [0.3, 0.4) is 0 Å². The van der Waals surface area contributed by atoms with Crippen LogP contribution < -0.4 is 5.32 Å². The van der Waals surface area contributed by atoms with Crippen molar-refractivity contribution in [1.29, 1.82) is 0 Å². The zero-order chi connectivity index (χ0) is 19.3. The highest BCUT2D eigenvalue weighted by molar-refractivity contribution is 6.04. The van der Waals surface area contributed by atoms with Crippen molar-refractivity contribution in [3.8, 4) is 0 Å². The minimum Gasteiger partial charge on any atom is -0.306 e. The lowest BCUT2D eigenvalue weighted by atomic mass is 9.90. The maximum Gasteiger partial charge on any atom is 0.260 e. The molecule has 0 spiro atoms. The van der Waals surface area contributed by atoms with Crippen LogP contribution in [0.5, 0.6) is 0 Å². The first kappa shape index (κ1) is 18.5. The smallest absolute Gasteiger partial charge is 0.260 e. The van der Waals surface area contributed by atoms with Crippen LogP contribution in [0.15, 0.2) is 12.3 Å². The monoisotopic (exact) mass is 355 g/mol. The van der Waals surface area contributed by atoms with Crippen LogP contribution in [-0.2, 0) is 17.9 Å². The van der Waals surface area contributed by atoms with Gasteiger partial charge in [-0.15, -0.1) is 0 Å². The molecule has 6 heteroatoms. The first-order valence-electron chi connectivity index (χ1n) is 9.20. The van der Waals surface area contributed by atoms with Gasteiger partial charge in [0.25, 0.3) is 5.91 Å². The van der Waals surface area contributed by atoms with Gasteiger partial charge in [0.15, 0.2) is 0 Å². The highest BCUT2D eigenvalue weighted by Gasteiger charge is 2.31. The van der Waals surface area contributed by atoms with E-state index in [0.717, 1.165) is 30.1 Å². The molecule has 0 bridgehead atoms. The molecule has 0 aromatic carbocycles. The molecule has 1 fully saturated rings. The standard InChI is InChI=1S/C20H29N5O/c1-19(2,3)14-10-15(23-18(21-14)20(4,5)6)22-17(26)13-11-25(7)24-16(13)12-8-9-12/h10-12H,8-9H2,1-7H3,(H,21,22,23,26). The summed E-state index contributed by atoms with van der Waals surface area (Å²) in [5.74, 6) is 1.54. The summed E-state index contributed by atoms with van der Waals surface area (Å²) in [6.45, 7) is 12.6. The van der Waals surface area contributed by atoms with Crippen molar-refractivity contribution in [2.24, 2.45) is 7.05 Å². The Morgan fingerprint density at radius 2 is 1.77 bits per heavy atom. The highest BCUT2D eigenvalue weighted by atomic mass is 16.1. The van der Waals surface area contributed by atoms with Gasteiger partial charge in [-0.1, -0.05) is 41.5 Å². The van der Waals surface area contributed by atoms with Gasteiger partial charge in [-0.2, -0.15) is 5.10 Å². The maximum atomic E-state index is 12.9. The number of rotatable bonds is 3. The Balaban J connectivity index is 1.95. The number of carbonyl (C=O) groups excluding carboxylic acids is 1. The predicted molar refractivity (Wildman–Crippen MR) is 103 cm³/mol. The topological polar surface area (TPSA) is 72.7 Å². The van der Waals surface area contributed by atoms with Crippen LogP contribution >= 0.6 is 0 Å². The number of amides is 1. The van der Waals surface area contributed by atoms with Gasteiger partial charge >= 0.3 is 0 Å². The van der Waals surface area contributed by atoms with Crippen molar-refractivity contribution in [3.05, 3.63) is 35.0 Å². The van der Waals surface area contributed by atoms with Crippen molar-refractivity contribution in [1.82, 2.24) is 19.7 Å². The molecular weight excluding hydrogens is 326 g/mol. The van der Waals surface area contributed by atoms with Crippen molar-refractivity contribution in [2.75, 3.05) is 5.32 Å². The summed E-state index contributed by atoms with van der Waals surface area (Å²) >= 11 is 0. The van der Waals surface area contributed by atoms with E-state index in [0.29, 0.717) is 17.3 Å². The number of nitrogens with one attached hydrogen (secondary N) is 1. The molecule has 1 aliphatic carbocycles. The Kier molecular flexibility index (Phi) is 4.41. The quantitative estimate of drug-likeness (QED) is 0.905. The summed E-state index contributed by atoms with van der Waals surface area (Å²) < 4.78 is 1.71. The number of hydrogen-bond donors (Lipinski definition) is 1. The van der Waals surface area contributed by atoms with Crippen LogP contribution in [-0.4, -0.2) is 25.7 Å². The molecule has 0 atom stereocenters. The first-order chi connectivity index (χ1) is 11.9. The van der Waals surface area contributed by atoms with Gasteiger partial charge in [-0.3, -0.25) is 9.48 Å². The van der Waals surface area contributed by atoms with Crippen molar-refractivity contribution < 1.29 is 4.79 Å². The average molecular weight is 355 g/mol. The average Bonchev–Trinajstić information content (AvgIpc) is 3.27. The molecule has 0 saturated heterocycles. The number of hydrogen-bond acceptors (Lipinski definition) is 4. The SMILES string of the molecule is Cn1cc(C(=O)Nc2cc(C(C)(C)C)nc(C(C)(C)C)n2)c(C2CC2)n1. The van der Waals surface area contributed by atoms with Crippen LogP contribution in [0.1, 0.15) is 87.9 Å². The normalized spacial score (nSPS) is 15.2. The van der Waals surface area contributed by atoms with Crippen LogP contribution in [0.25, 0.3) is 0 Å². The lowest BCUT2D eigenvalue weighted by Crippen LogP contribution is -2.24. The van der Waals surface area contributed by atoms with E-state index in [4.69, 9.17) is 4.98 Å². The summed E-state index contributed by atoms with van der Waals surface area (Å²) in [4.78, 5) is 22.2. The van der Waals surface area contributed by atoms with Crippen LogP contribution in [0, 0.1) is 0 Å². The molecule has 140 valence electrons. The summed E-state index contributed by atoms with van der Waals surface area (Å²) in [5.41, 5.74) is 2.13. The van der Waals surface area contributed by atoms with E-state index in [9.17, 15) is 4.79 Å². The molecule has 0 aliphatic heterocycles. The molecule has 1 amide bonds. The zero-order valence-corrected chi connectivity index (χ0v) is 16.8. The third-order valence-electron chi connectivity index (χ3n) is 4.47. The fourth-order valence-corrected chi connectivity index (χ4v) is 2.75. The third kappa shape index (κ3) is 3.94. The van der Waals surface area contributed by atoms with E-state index < -0.39 is 0 Å². The Morgan fingerprint density at radius 3 is 2.31 bits per heavy atom. The van der Waals surface area contributed by atoms with Gasteiger partial charge < -0.3 is 5.32 Å². The third-order valence-corrected chi connectivity index (χ3v) is 4.47. The lowest BCUT2D eigenvalue weighted by Gasteiger charge is -2.23. The molecule has 3 rings (SSSR count). The molecule has 1 aliphatic rings. The molecular formula is C20H29N5O. The van der Waals surface area contributed by atoms with E-state index in [2.05, 4.69) is 56.9 Å². The lowest BCUT2D eigenvalue weighted by molar-refractivity contribution is 0.102. The predicted octanol–water partition coefficient (Wildman–Crippen LogP) is 3.93. The Hall–Kier alpha value is -2.24. The van der Waals surface area contributed by atoms with E-state index in [1.807, 2.05) is 13.1 Å². The number of aryl methyl sites for hydroxylation is 1. The van der Waals surface area contributed by atoms with Crippen molar-refractivity contribution in [3.63, 3.8) is 0 Å². The minimum absolute atomic E-state index is 0.129. The van der Waals surface area contributed by atoms with E-state index in [1.54, 1.807) is 10.9 Å². The maximum absolute atomic E-state index is 12.9. The Morgan fingerprint density at radius 1 is 1.12 bits per heavy atom. The van der Waals surface area contributed by atoms with Gasteiger partial charge in [0.2, 0.25) is 0 Å². The molecule has 2 aromatic rings.